The number of amides is 1. The Morgan fingerprint density at radius 3 is 2.62 bits per heavy atom. The lowest BCUT2D eigenvalue weighted by atomic mass is 10.1. The van der Waals surface area contributed by atoms with Crippen molar-refractivity contribution in [3.05, 3.63) is 68.0 Å². The fourth-order valence-corrected chi connectivity index (χ4v) is 4.16. The lowest BCUT2D eigenvalue weighted by molar-refractivity contribution is -0.113. The van der Waals surface area contributed by atoms with Crippen LogP contribution in [0.25, 0.3) is 6.08 Å². The predicted octanol–water partition coefficient (Wildman–Crippen LogP) is 5.41. The molecule has 4 nitrogen and oxygen atoms in total. The lowest BCUT2D eigenvalue weighted by Gasteiger charge is -2.17. The number of thiocarbonyl (C=S) groups is 1. The van der Waals surface area contributed by atoms with Gasteiger partial charge in [-0.1, -0.05) is 59.3 Å². The quantitative estimate of drug-likeness (QED) is 0.528. The number of carboxylic acid groups (broad SMARTS) is 1. The molecule has 132 valence electrons. The smallest absolute Gasteiger partial charge is 0.335 e. The third-order valence-electron chi connectivity index (χ3n) is 3.74. The minimum absolute atomic E-state index is 0.0874. The summed E-state index contributed by atoms with van der Waals surface area (Å²) in [5.74, 6) is -1.39. The Labute approximate surface area is 169 Å². The first-order valence-corrected chi connectivity index (χ1v) is 9.33. The summed E-state index contributed by atoms with van der Waals surface area (Å²) in [6, 6.07) is 9.57. The summed E-state index contributed by atoms with van der Waals surface area (Å²) < 4.78 is 0.331. The van der Waals surface area contributed by atoms with Gasteiger partial charge in [-0.2, -0.15) is 0 Å². The number of thioether (sulfide) groups is 1. The molecule has 1 N–H and O–H groups in total. The molecular formula is C18H11Cl2NO3S2. The fraction of sp³-hybridized carbons (Fsp3) is 0.0556. The van der Waals surface area contributed by atoms with E-state index in [1.807, 2.05) is 0 Å². The molecule has 0 bridgehead atoms. The van der Waals surface area contributed by atoms with Crippen molar-refractivity contribution in [1.29, 1.82) is 0 Å². The van der Waals surface area contributed by atoms with Gasteiger partial charge in [0.1, 0.15) is 0 Å². The van der Waals surface area contributed by atoms with Gasteiger partial charge < -0.3 is 5.11 Å². The first kappa shape index (κ1) is 18.9. The average molecular weight is 424 g/mol. The molecular weight excluding hydrogens is 413 g/mol. The zero-order chi connectivity index (χ0) is 19.0. The molecule has 1 aliphatic rings. The maximum absolute atomic E-state index is 12.9. The van der Waals surface area contributed by atoms with Gasteiger partial charge in [0.05, 0.1) is 16.2 Å². The Bertz CT molecular complexity index is 988. The summed E-state index contributed by atoms with van der Waals surface area (Å²) in [5, 5.41) is 10.1. The Balaban J connectivity index is 2.01. The predicted molar refractivity (Wildman–Crippen MR) is 110 cm³/mol. The number of hydrogen-bond donors (Lipinski definition) is 1. The van der Waals surface area contributed by atoms with Crippen LogP contribution in [0.15, 0.2) is 41.3 Å². The van der Waals surface area contributed by atoms with Gasteiger partial charge in [0.2, 0.25) is 0 Å². The minimum Gasteiger partial charge on any atom is -0.478 e. The zero-order valence-corrected chi connectivity index (χ0v) is 16.5. The van der Waals surface area contributed by atoms with Gasteiger partial charge in [-0.3, -0.25) is 9.69 Å². The highest BCUT2D eigenvalue weighted by Crippen LogP contribution is 2.38. The second-order valence-electron chi connectivity index (χ2n) is 5.49. The number of carbonyl (C=O) groups excluding carboxylic acids is 1. The molecule has 2 aromatic carbocycles. The SMILES string of the molecule is Cc1ccc(C(=O)O)cc1N1C(=O)/C(=C/c2ccc(Cl)cc2Cl)SC1=S. The maximum Gasteiger partial charge on any atom is 0.335 e. The van der Waals surface area contributed by atoms with Crippen LogP contribution in [0, 0.1) is 6.92 Å². The van der Waals surface area contributed by atoms with Crippen LogP contribution < -0.4 is 4.90 Å². The first-order chi connectivity index (χ1) is 12.3. The Morgan fingerprint density at radius 2 is 1.96 bits per heavy atom. The molecule has 26 heavy (non-hydrogen) atoms. The van der Waals surface area contributed by atoms with Gasteiger partial charge in [0.15, 0.2) is 4.32 Å². The van der Waals surface area contributed by atoms with E-state index >= 15 is 0 Å². The topological polar surface area (TPSA) is 57.6 Å². The van der Waals surface area contributed by atoms with Gasteiger partial charge in [0.25, 0.3) is 5.91 Å². The van der Waals surface area contributed by atoms with Crippen molar-refractivity contribution >= 4 is 75.1 Å². The molecule has 1 fully saturated rings. The highest BCUT2D eigenvalue weighted by atomic mass is 35.5. The number of nitrogens with zero attached hydrogens (tertiary/aromatic N) is 1. The first-order valence-electron chi connectivity index (χ1n) is 7.35. The summed E-state index contributed by atoms with van der Waals surface area (Å²) in [7, 11) is 0. The van der Waals surface area contributed by atoms with E-state index in [2.05, 4.69) is 0 Å². The van der Waals surface area contributed by atoms with Gasteiger partial charge in [-0.05, 0) is 48.4 Å². The molecule has 1 aliphatic heterocycles. The Morgan fingerprint density at radius 1 is 1.23 bits per heavy atom. The zero-order valence-electron chi connectivity index (χ0n) is 13.3. The van der Waals surface area contributed by atoms with Crippen molar-refractivity contribution in [2.45, 2.75) is 6.92 Å². The van der Waals surface area contributed by atoms with Crippen LogP contribution in [0.1, 0.15) is 21.5 Å². The summed E-state index contributed by atoms with van der Waals surface area (Å²) in [5.41, 5.74) is 1.94. The van der Waals surface area contributed by atoms with E-state index in [1.165, 1.54) is 17.0 Å². The summed E-state index contributed by atoms with van der Waals surface area (Å²) in [6.45, 7) is 1.79. The van der Waals surface area contributed by atoms with Crippen LogP contribution in [0.5, 0.6) is 0 Å². The monoisotopic (exact) mass is 423 g/mol. The molecule has 1 saturated heterocycles. The van der Waals surface area contributed by atoms with E-state index in [1.54, 1.807) is 37.3 Å². The van der Waals surface area contributed by atoms with E-state index < -0.39 is 5.97 Å². The largest absolute Gasteiger partial charge is 0.478 e. The Kier molecular flexibility index (Phi) is 5.39. The minimum atomic E-state index is -1.07. The van der Waals surface area contributed by atoms with Crippen molar-refractivity contribution in [2.75, 3.05) is 4.90 Å². The van der Waals surface area contributed by atoms with Gasteiger partial charge in [-0.25, -0.2) is 4.79 Å². The van der Waals surface area contributed by atoms with E-state index in [0.29, 0.717) is 30.5 Å². The number of rotatable bonds is 3. The van der Waals surface area contributed by atoms with Gasteiger partial charge in [0, 0.05) is 10.0 Å². The lowest BCUT2D eigenvalue weighted by Crippen LogP contribution is -2.28. The van der Waals surface area contributed by atoms with Gasteiger partial charge in [-0.15, -0.1) is 0 Å². The molecule has 8 heteroatoms. The third-order valence-corrected chi connectivity index (χ3v) is 5.60. The maximum atomic E-state index is 12.9. The molecule has 0 aromatic heterocycles. The summed E-state index contributed by atoms with van der Waals surface area (Å²) in [6.07, 6.45) is 1.65. The van der Waals surface area contributed by atoms with Crippen LogP contribution in [-0.2, 0) is 4.79 Å². The summed E-state index contributed by atoms with van der Waals surface area (Å²) >= 11 is 18.5. The number of aromatic carboxylic acids is 1. The van der Waals surface area contributed by atoms with E-state index in [4.69, 9.17) is 35.4 Å². The third kappa shape index (κ3) is 3.64. The number of halogens is 2. The molecule has 1 heterocycles. The molecule has 0 aliphatic carbocycles. The number of hydrogen-bond acceptors (Lipinski definition) is 4. The highest BCUT2D eigenvalue weighted by molar-refractivity contribution is 8.27. The van der Waals surface area contributed by atoms with Crippen molar-refractivity contribution in [1.82, 2.24) is 0 Å². The second-order valence-corrected chi connectivity index (χ2v) is 8.01. The number of benzene rings is 2. The number of carbonyl (C=O) groups is 2. The number of carboxylic acids is 1. The van der Waals surface area contributed by atoms with Crippen LogP contribution in [0.3, 0.4) is 0 Å². The van der Waals surface area contributed by atoms with Crippen molar-refractivity contribution in [3.8, 4) is 0 Å². The normalized spacial score (nSPS) is 15.8. The molecule has 2 aromatic rings. The second kappa shape index (κ2) is 7.40. The van der Waals surface area contributed by atoms with Crippen LogP contribution in [0.4, 0.5) is 5.69 Å². The van der Waals surface area contributed by atoms with Crippen LogP contribution in [-0.4, -0.2) is 21.3 Å². The molecule has 3 rings (SSSR count). The molecule has 0 unspecified atom stereocenters. The Hall–Kier alpha value is -1.86. The van der Waals surface area contributed by atoms with Gasteiger partial charge >= 0.3 is 5.97 Å². The van der Waals surface area contributed by atoms with E-state index in [0.717, 1.165) is 17.3 Å². The number of anilines is 1. The number of aryl methyl sites for hydroxylation is 1. The molecule has 0 radical (unpaired) electrons. The molecule has 0 atom stereocenters. The summed E-state index contributed by atoms with van der Waals surface area (Å²) in [4.78, 5) is 25.8. The molecule has 0 saturated carbocycles. The fourth-order valence-electron chi connectivity index (χ4n) is 2.42. The standard InChI is InChI=1S/C18H11Cl2NO3S2/c1-9-2-3-11(17(23)24)6-14(9)21-16(22)15(26-18(21)25)7-10-4-5-12(19)8-13(10)20/h2-8H,1H3,(H,23,24)/b15-7-. The van der Waals surface area contributed by atoms with E-state index in [9.17, 15) is 14.7 Å². The molecule has 0 spiro atoms. The highest BCUT2D eigenvalue weighted by Gasteiger charge is 2.34. The van der Waals surface area contributed by atoms with Crippen molar-refractivity contribution in [3.63, 3.8) is 0 Å². The van der Waals surface area contributed by atoms with E-state index in [-0.39, 0.29) is 11.5 Å². The molecule has 1 amide bonds. The van der Waals surface area contributed by atoms with Crippen LogP contribution >= 0.6 is 47.2 Å². The van der Waals surface area contributed by atoms with Crippen molar-refractivity contribution in [2.24, 2.45) is 0 Å². The van der Waals surface area contributed by atoms with Crippen molar-refractivity contribution < 1.29 is 14.7 Å². The van der Waals surface area contributed by atoms with Crippen LogP contribution in [0.2, 0.25) is 10.0 Å². The average Bonchev–Trinajstić information content (AvgIpc) is 2.84.